The molecule has 0 aromatic heterocycles. The Morgan fingerprint density at radius 2 is 1.80 bits per heavy atom. The maximum absolute atomic E-state index is 11.1. The van der Waals surface area contributed by atoms with Crippen LogP contribution in [-0.4, -0.2) is 47.2 Å². The quantitative estimate of drug-likeness (QED) is 0.357. The van der Waals surface area contributed by atoms with E-state index >= 15 is 0 Å². The first kappa shape index (κ1) is 19.1. The summed E-state index contributed by atoms with van der Waals surface area (Å²) in [6.45, 7) is 1.60. The van der Waals surface area contributed by atoms with Gasteiger partial charge in [0.15, 0.2) is 0 Å². The Balaban J connectivity index is 4.15. The fraction of sp³-hybridized carbons (Fsp3) is 0.800. The standard InChI is InChI=1S/C15H28O5/c1-2-3-4-5-6-7-8-9-13(15(18)19)14(12-17)20-11-10-16/h9,14,16-17H,2-8,10-12H2,1H3,(H,18,19). The third-order valence-corrected chi connectivity index (χ3v) is 3.09. The number of carboxylic acid groups (broad SMARTS) is 1. The van der Waals surface area contributed by atoms with Crippen molar-refractivity contribution in [3.05, 3.63) is 11.6 Å². The summed E-state index contributed by atoms with van der Waals surface area (Å²) < 4.78 is 5.12. The van der Waals surface area contributed by atoms with Gasteiger partial charge in [0.25, 0.3) is 0 Å². The first-order chi connectivity index (χ1) is 9.67. The fourth-order valence-corrected chi connectivity index (χ4v) is 1.97. The second kappa shape index (κ2) is 13.1. The summed E-state index contributed by atoms with van der Waals surface area (Å²) >= 11 is 0. The Hall–Kier alpha value is -0.910. The van der Waals surface area contributed by atoms with E-state index in [2.05, 4.69) is 6.92 Å². The molecule has 0 fully saturated rings. The highest BCUT2D eigenvalue weighted by atomic mass is 16.5. The number of carbonyl (C=O) groups is 1. The van der Waals surface area contributed by atoms with E-state index in [1.165, 1.54) is 25.7 Å². The Bertz CT molecular complexity index is 275. The SMILES string of the molecule is CCCCCCCCC=C(C(=O)O)C(CO)OCCO. The molecule has 0 aromatic rings. The summed E-state index contributed by atoms with van der Waals surface area (Å²) in [5, 5.41) is 27.0. The Labute approximate surface area is 121 Å². The van der Waals surface area contributed by atoms with Gasteiger partial charge in [0, 0.05) is 0 Å². The molecule has 0 aliphatic rings. The predicted octanol–water partition coefficient (Wildman–Crippen LogP) is 2.12. The van der Waals surface area contributed by atoms with Crippen molar-refractivity contribution in [2.75, 3.05) is 19.8 Å². The van der Waals surface area contributed by atoms with E-state index in [0.29, 0.717) is 6.42 Å². The zero-order chi connectivity index (χ0) is 15.2. The molecule has 5 nitrogen and oxygen atoms in total. The van der Waals surface area contributed by atoms with Gasteiger partial charge in [-0.25, -0.2) is 4.79 Å². The van der Waals surface area contributed by atoms with Crippen molar-refractivity contribution in [2.45, 2.75) is 58.0 Å². The number of aliphatic hydroxyl groups excluding tert-OH is 2. The predicted molar refractivity (Wildman–Crippen MR) is 77.6 cm³/mol. The number of aliphatic carboxylic acids is 1. The van der Waals surface area contributed by atoms with Crippen LogP contribution in [0.1, 0.15) is 51.9 Å². The minimum atomic E-state index is -1.08. The molecule has 20 heavy (non-hydrogen) atoms. The van der Waals surface area contributed by atoms with Crippen LogP contribution in [-0.2, 0) is 9.53 Å². The van der Waals surface area contributed by atoms with Gasteiger partial charge in [-0.1, -0.05) is 45.1 Å². The maximum Gasteiger partial charge on any atom is 0.333 e. The van der Waals surface area contributed by atoms with Crippen LogP contribution in [0.5, 0.6) is 0 Å². The second-order valence-electron chi connectivity index (χ2n) is 4.79. The molecule has 0 rings (SSSR count). The maximum atomic E-state index is 11.1. The van der Waals surface area contributed by atoms with Crippen LogP contribution in [0.2, 0.25) is 0 Å². The van der Waals surface area contributed by atoms with Gasteiger partial charge in [0.2, 0.25) is 0 Å². The van der Waals surface area contributed by atoms with Crippen LogP contribution in [0.4, 0.5) is 0 Å². The van der Waals surface area contributed by atoms with Crippen LogP contribution in [0.3, 0.4) is 0 Å². The van der Waals surface area contributed by atoms with Crippen molar-refractivity contribution < 1.29 is 24.9 Å². The number of rotatable bonds is 13. The van der Waals surface area contributed by atoms with Crippen molar-refractivity contribution in [1.29, 1.82) is 0 Å². The lowest BCUT2D eigenvalue weighted by Gasteiger charge is -2.15. The largest absolute Gasteiger partial charge is 0.478 e. The van der Waals surface area contributed by atoms with Gasteiger partial charge in [-0.15, -0.1) is 0 Å². The first-order valence-corrected chi connectivity index (χ1v) is 7.44. The van der Waals surface area contributed by atoms with Crippen LogP contribution >= 0.6 is 0 Å². The molecule has 0 heterocycles. The molecular formula is C15H28O5. The lowest BCUT2D eigenvalue weighted by atomic mass is 10.1. The zero-order valence-corrected chi connectivity index (χ0v) is 12.4. The summed E-state index contributed by atoms with van der Waals surface area (Å²) in [5.41, 5.74) is 0.0782. The van der Waals surface area contributed by atoms with Gasteiger partial charge in [0.1, 0.15) is 6.10 Å². The molecule has 0 saturated carbocycles. The third kappa shape index (κ3) is 9.07. The number of hydrogen-bond donors (Lipinski definition) is 3. The number of unbranched alkanes of at least 4 members (excludes halogenated alkanes) is 6. The normalized spacial score (nSPS) is 13.4. The molecule has 0 aromatic carbocycles. The van der Waals surface area contributed by atoms with Crippen molar-refractivity contribution in [1.82, 2.24) is 0 Å². The van der Waals surface area contributed by atoms with Crippen molar-refractivity contribution in [2.24, 2.45) is 0 Å². The van der Waals surface area contributed by atoms with Gasteiger partial charge in [-0.3, -0.25) is 0 Å². The van der Waals surface area contributed by atoms with Crippen LogP contribution in [0, 0.1) is 0 Å². The zero-order valence-electron chi connectivity index (χ0n) is 12.4. The van der Waals surface area contributed by atoms with E-state index in [0.717, 1.165) is 12.8 Å². The minimum absolute atomic E-state index is 0.0207. The van der Waals surface area contributed by atoms with Gasteiger partial charge < -0.3 is 20.1 Å². The molecule has 1 unspecified atom stereocenters. The van der Waals surface area contributed by atoms with Gasteiger partial charge in [-0.2, -0.15) is 0 Å². The minimum Gasteiger partial charge on any atom is -0.478 e. The average molecular weight is 288 g/mol. The van der Waals surface area contributed by atoms with Crippen LogP contribution < -0.4 is 0 Å². The molecule has 0 saturated heterocycles. The van der Waals surface area contributed by atoms with E-state index in [9.17, 15) is 4.79 Å². The molecule has 0 bridgehead atoms. The van der Waals surface area contributed by atoms with Gasteiger partial charge >= 0.3 is 5.97 Å². The van der Waals surface area contributed by atoms with Crippen LogP contribution in [0.25, 0.3) is 0 Å². The van der Waals surface area contributed by atoms with Crippen molar-refractivity contribution in [3.8, 4) is 0 Å². The molecule has 0 aliphatic heterocycles. The monoisotopic (exact) mass is 288 g/mol. The van der Waals surface area contributed by atoms with E-state index in [4.69, 9.17) is 20.1 Å². The Morgan fingerprint density at radius 1 is 1.15 bits per heavy atom. The molecule has 0 aliphatic carbocycles. The second-order valence-corrected chi connectivity index (χ2v) is 4.79. The number of aliphatic hydroxyl groups is 2. The number of ether oxygens (including phenoxy) is 1. The summed E-state index contributed by atoms with van der Waals surface area (Å²) in [6.07, 6.45) is 8.33. The third-order valence-electron chi connectivity index (χ3n) is 3.09. The Kier molecular flexibility index (Phi) is 12.5. The fourth-order valence-electron chi connectivity index (χ4n) is 1.97. The molecule has 0 amide bonds. The molecule has 5 heteroatoms. The van der Waals surface area contributed by atoms with Gasteiger partial charge in [-0.05, 0) is 12.8 Å². The smallest absolute Gasteiger partial charge is 0.333 e. The topological polar surface area (TPSA) is 87.0 Å². The number of hydrogen-bond acceptors (Lipinski definition) is 4. The van der Waals surface area contributed by atoms with E-state index < -0.39 is 18.7 Å². The molecular weight excluding hydrogens is 260 g/mol. The molecule has 0 radical (unpaired) electrons. The highest BCUT2D eigenvalue weighted by Crippen LogP contribution is 2.12. The highest BCUT2D eigenvalue weighted by Gasteiger charge is 2.19. The molecule has 118 valence electrons. The summed E-state index contributed by atoms with van der Waals surface area (Å²) in [7, 11) is 0. The van der Waals surface area contributed by atoms with E-state index in [1.807, 2.05) is 0 Å². The van der Waals surface area contributed by atoms with Crippen molar-refractivity contribution >= 4 is 5.97 Å². The number of carboxylic acids is 1. The van der Waals surface area contributed by atoms with E-state index in [-0.39, 0.29) is 18.8 Å². The molecule has 0 spiro atoms. The number of allylic oxidation sites excluding steroid dienone is 1. The summed E-state index contributed by atoms with van der Waals surface area (Å²) in [6, 6.07) is 0. The van der Waals surface area contributed by atoms with Crippen molar-refractivity contribution in [3.63, 3.8) is 0 Å². The van der Waals surface area contributed by atoms with Gasteiger partial charge in [0.05, 0.1) is 25.4 Å². The first-order valence-electron chi connectivity index (χ1n) is 7.44. The highest BCUT2D eigenvalue weighted by molar-refractivity contribution is 5.87. The van der Waals surface area contributed by atoms with Crippen LogP contribution in [0.15, 0.2) is 11.6 Å². The van der Waals surface area contributed by atoms with E-state index in [1.54, 1.807) is 6.08 Å². The Morgan fingerprint density at radius 3 is 2.35 bits per heavy atom. The summed E-state index contributed by atoms with van der Waals surface area (Å²) in [5.74, 6) is -1.08. The lowest BCUT2D eigenvalue weighted by Crippen LogP contribution is -2.26. The molecule has 3 N–H and O–H groups in total. The molecule has 1 atom stereocenters. The average Bonchev–Trinajstić information content (AvgIpc) is 2.44. The lowest BCUT2D eigenvalue weighted by molar-refractivity contribution is -0.134. The summed E-state index contributed by atoms with van der Waals surface area (Å²) in [4.78, 5) is 11.1.